The molecule has 1 amide bonds. The quantitative estimate of drug-likeness (QED) is 0.767. The third-order valence-corrected chi connectivity index (χ3v) is 1.28. The molecule has 1 atom stereocenters. The summed E-state index contributed by atoms with van der Waals surface area (Å²) in [6.07, 6.45) is -4.99. The highest BCUT2D eigenvalue weighted by Crippen LogP contribution is 2.23. The van der Waals surface area contributed by atoms with Crippen molar-refractivity contribution in [3.8, 4) is 0 Å². The van der Waals surface area contributed by atoms with Gasteiger partial charge in [0, 0.05) is 19.9 Å². The van der Waals surface area contributed by atoms with Gasteiger partial charge in [0.1, 0.15) is 0 Å². The van der Waals surface area contributed by atoms with Crippen LogP contribution in [0.2, 0.25) is 0 Å². The lowest BCUT2D eigenvalue weighted by molar-refractivity contribution is -0.143. The lowest BCUT2D eigenvalue weighted by Gasteiger charge is -2.13. The zero-order chi connectivity index (χ0) is 11.8. The van der Waals surface area contributed by atoms with Gasteiger partial charge in [0.25, 0.3) is 0 Å². The zero-order valence-corrected chi connectivity index (χ0v) is 9.03. The number of carbonyl (C=O) groups excluding carboxylic acids is 1. The van der Waals surface area contributed by atoms with Gasteiger partial charge in [-0.1, -0.05) is 20.8 Å². The van der Waals surface area contributed by atoms with Gasteiger partial charge in [-0.05, 0) is 5.92 Å². The lowest BCUT2D eigenvalue weighted by atomic mass is 10.1. The Morgan fingerprint density at radius 3 is 2.07 bits per heavy atom. The predicted octanol–water partition coefficient (Wildman–Crippen LogP) is 2.74. The van der Waals surface area contributed by atoms with E-state index in [1.807, 2.05) is 13.8 Å². The summed E-state index contributed by atoms with van der Waals surface area (Å²) in [7, 11) is 0. The van der Waals surface area contributed by atoms with E-state index in [-0.39, 0.29) is 12.5 Å². The molecule has 0 aliphatic heterocycles. The largest absolute Gasteiger partial charge is 0.389 e. The Labute approximate surface area is 82.9 Å². The van der Waals surface area contributed by atoms with Crippen molar-refractivity contribution in [3.05, 3.63) is 0 Å². The van der Waals surface area contributed by atoms with Crippen LogP contribution >= 0.6 is 0 Å². The second-order valence-corrected chi connectivity index (χ2v) is 2.86. The molecule has 0 fully saturated rings. The van der Waals surface area contributed by atoms with Crippen LogP contribution in [0, 0.1) is 5.92 Å². The zero-order valence-electron chi connectivity index (χ0n) is 9.03. The first-order chi connectivity index (χ1) is 6.31. The monoisotopic (exact) mass is 213 g/mol. The maximum absolute atomic E-state index is 11.7. The van der Waals surface area contributed by atoms with Crippen LogP contribution in [0.1, 0.15) is 34.1 Å². The van der Waals surface area contributed by atoms with Crippen molar-refractivity contribution in [2.45, 2.75) is 40.3 Å². The van der Waals surface area contributed by atoms with E-state index in [0.29, 0.717) is 0 Å². The maximum atomic E-state index is 11.7. The molecule has 1 unspecified atom stereocenters. The van der Waals surface area contributed by atoms with Crippen LogP contribution in [0.25, 0.3) is 0 Å². The highest BCUT2D eigenvalue weighted by atomic mass is 19.4. The molecule has 0 aromatic heterocycles. The standard InChI is InChI=1S/C7H12F3NO.C2H6/c1-5(3-7(8,9)10)4-11-6(2)12;1-2/h5H,3-4H2,1-2H3,(H,11,12);1-2H3. The van der Waals surface area contributed by atoms with Crippen molar-refractivity contribution in [1.29, 1.82) is 0 Å². The first kappa shape index (κ1) is 15.7. The van der Waals surface area contributed by atoms with Gasteiger partial charge in [-0.15, -0.1) is 0 Å². The number of hydrogen-bond donors (Lipinski definition) is 1. The van der Waals surface area contributed by atoms with Crippen LogP contribution in [0.5, 0.6) is 0 Å². The molecule has 0 rings (SSSR count). The average molecular weight is 213 g/mol. The lowest BCUT2D eigenvalue weighted by Crippen LogP contribution is -2.28. The van der Waals surface area contributed by atoms with Gasteiger partial charge >= 0.3 is 6.18 Å². The third-order valence-electron chi connectivity index (χ3n) is 1.28. The molecule has 0 aliphatic carbocycles. The number of rotatable bonds is 3. The Bertz CT molecular complexity index is 157. The Morgan fingerprint density at radius 2 is 1.79 bits per heavy atom. The summed E-state index contributed by atoms with van der Waals surface area (Å²) >= 11 is 0. The van der Waals surface area contributed by atoms with Gasteiger partial charge in [-0.25, -0.2) is 0 Å². The molecule has 0 heterocycles. The Balaban J connectivity index is 0. The van der Waals surface area contributed by atoms with E-state index in [0.717, 1.165) is 0 Å². The first-order valence-electron chi connectivity index (χ1n) is 4.62. The molecule has 86 valence electrons. The Morgan fingerprint density at radius 1 is 1.36 bits per heavy atom. The van der Waals surface area contributed by atoms with Crippen LogP contribution in [0.3, 0.4) is 0 Å². The fourth-order valence-electron chi connectivity index (χ4n) is 0.785. The van der Waals surface area contributed by atoms with Crippen molar-refractivity contribution in [2.24, 2.45) is 5.92 Å². The molecule has 0 aromatic rings. The fraction of sp³-hybridized carbons (Fsp3) is 0.889. The number of nitrogens with one attached hydrogen (secondary N) is 1. The van der Waals surface area contributed by atoms with Gasteiger partial charge in [0.05, 0.1) is 0 Å². The van der Waals surface area contributed by atoms with Crippen LogP contribution < -0.4 is 5.32 Å². The molecule has 14 heavy (non-hydrogen) atoms. The second-order valence-electron chi connectivity index (χ2n) is 2.86. The number of alkyl halides is 3. The molecule has 0 spiro atoms. The second kappa shape index (κ2) is 7.64. The molecule has 5 heteroatoms. The van der Waals surface area contributed by atoms with Gasteiger partial charge in [0.15, 0.2) is 0 Å². The topological polar surface area (TPSA) is 29.1 Å². The molecule has 1 N–H and O–H groups in total. The molecule has 0 aliphatic rings. The van der Waals surface area contributed by atoms with Crippen molar-refractivity contribution < 1.29 is 18.0 Å². The van der Waals surface area contributed by atoms with Crippen molar-refractivity contribution >= 4 is 5.91 Å². The van der Waals surface area contributed by atoms with Gasteiger partial charge in [0.2, 0.25) is 5.91 Å². The van der Waals surface area contributed by atoms with E-state index in [2.05, 4.69) is 5.32 Å². The molecule has 0 bridgehead atoms. The minimum Gasteiger partial charge on any atom is -0.356 e. The van der Waals surface area contributed by atoms with Gasteiger partial charge in [-0.3, -0.25) is 4.79 Å². The minimum absolute atomic E-state index is 0.0782. The highest BCUT2D eigenvalue weighted by molar-refractivity contribution is 5.72. The number of amides is 1. The van der Waals surface area contributed by atoms with Crippen LogP contribution in [0.15, 0.2) is 0 Å². The van der Waals surface area contributed by atoms with Gasteiger partial charge in [-0.2, -0.15) is 13.2 Å². The molecular weight excluding hydrogens is 195 g/mol. The predicted molar refractivity (Wildman–Crippen MR) is 49.9 cm³/mol. The van der Waals surface area contributed by atoms with Crippen LogP contribution in [-0.4, -0.2) is 18.6 Å². The number of carbonyl (C=O) groups is 1. The first-order valence-corrected chi connectivity index (χ1v) is 4.62. The normalized spacial score (nSPS) is 12.5. The Hall–Kier alpha value is -0.740. The minimum atomic E-state index is -4.14. The molecule has 0 radical (unpaired) electrons. The molecular formula is C9H18F3NO. The summed E-state index contributed by atoms with van der Waals surface area (Å²) in [4.78, 5) is 10.3. The van der Waals surface area contributed by atoms with Crippen LogP contribution in [0.4, 0.5) is 13.2 Å². The molecule has 0 saturated heterocycles. The smallest absolute Gasteiger partial charge is 0.356 e. The van der Waals surface area contributed by atoms with E-state index >= 15 is 0 Å². The average Bonchev–Trinajstić information content (AvgIpc) is 2.02. The Kier molecular flexibility index (Phi) is 8.58. The summed E-state index contributed by atoms with van der Waals surface area (Å²) < 4.78 is 35.2. The van der Waals surface area contributed by atoms with E-state index in [4.69, 9.17) is 0 Å². The van der Waals surface area contributed by atoms with Crippen molar-refractivity contribution in [2.75, 3.05) is 6.54 Å². The summed E-state index contributed by atoms with van der Waals surface area (Å²) in [6, 6.07) is 0. The molecule has 0 aromatic carbocycles. The number of hydrogen-bond acceptors (Lipinski definition) is 1. The molecule has 2 nitrogen and oxygen atoms in total. The summed E-state index contributed by atoms with van der Waals surface area (Å²) in [5.41, 5.74) is 0. The summed E-state index contributed by atoms with van der Waals surface area (Å²) in [5.74, 6) is -0.863. The summed E-state index contributed by atoms with van der Waals surface area (Å²) in [6.45, 7) is 6.80. The fourth-order valence-corrected chi connectivity index (χ4v) is 0.785. The van der Waals surface area contributed by atoms with E-state index in [1.54, 1.807) is 0 Å². The highest BCUT2D eigenvalue weighted by Gasteiger charge is 2.29. The van der Waals surface area contributed by atoms with Crippen molar-refractivity contribution in [3.63, 3.8) is 0 Å². The number of halogens is 3. The maximum Gasteiger partial charge on any atom is 0.389 e. The third kappa shape index (κ3) is 13.8. The molecule has 0 saturated carbocycles. The SMILES string of the molecule is CC.CC(=O)NCC(C)CC(F)(F)F. The van der Waals surface area contributed by atoms with Crippen LogP contribution in [-0.2, 0) is 4.79 Å². The van der Waals surface area contributed by atoms with E-state index < -0.39 is 18.5 Å². The van der Waals surface area contributed by atoms with Crippen molar-refractivity contribution in [1.82, 2.24) is 5.32 Å². The van der Waals surface area contributed by atoms with E-state index in [9.17, 15) is 18.0 Å². The summed E-state index contributed by atoms with van der Waals surface area (Å²) in [5, 5.41) is 2.33. The van der Waals surface area contributed by atoms with Gasteiger partial charge < -0.3 is 5.32 Å². The van der Waals surface area contributed by atoms with E-state index in [1.165, 1.54) is 13.8 Å².